The number of carbonyl (C=O) groups excluding carboxylic acids is 2. The van der Waals surface area contributed by atoms with E-state index >= 15 is 0 Å². The molecule has 214 valence electrons. The molecule has 12 nitrogen and oxygen atoms in total. The summed E-state index contributed by atoms with van der Waals surface area (Å²) in [6.45, 7) is 0. The van der Waals surface area contributed by atoms with E-state index in [0.29, 0.717) is 45.8 Å². The van der Waals surface area contributed by atoms with Crippen LogP contribution in [-0.4, -0.2) is 39.7 Å². The number of thioether (sulfide) groups is 1. The van der Waals surface area contributed by atoms with Crippen molar-refractivity contribution in [3.8, 4) is 11.8 Å². The number of nitrogens with one attached hydrogen (secondary N) is 1. The number of aromatic nitrogens is 2. The average Bonchev–Trinajstić information content (AvgIpc) is 3.45. The molecule has 1 unspecified atom stereocenters. The quantitative estimate of drug-likeness (QED) is 0.193. The smallest absolute Gasteiger partial charge is 0.271 e. The van der Waals surface area contributed by atoms with Gasteiger partial charge in [-0.3, -0.25) is 24.6 Å². The minimum Gasteiger partial charge on any atom is -0.497 e. The summed E-state index contributed by atoms with van der Waals surface area (Å²) in [7, 11) is 1.56. The number of nitro groups is 1. The lowest BCUT2D eigenvalue weighted by atomic mass is 9.76. The van der Waals surface area contributed by atoms with Gasteiger partial charge in [0, 0.05) is 29.8 Å². The fourth-order valence-electron chi connectivity index (χ4n) is 4.82. The second kappa shape index (κ2) is 12.2. The molecule has 0 saturated carbocycles. The van der Waals surface area contributed by atoms with Crippen LogP contribution in [0.3, 0.4) is 0 Å². The van der Waals surface area contributed by atoms with Gasteiger partial charge in [-0.05, 0) is 36.6 Å². The Hall–Kier alpha value is -4.45. The summed E-state index contributed by atoms with van der Waals surface area (Å²) in [5.74, 6) is -0.388. The highest BCUT2D eigenvalue weighted by atomic mass is 35.5. The number of hydrogen-bond donors (Lipinski definition) is 2. The Morgan fingerprint density at radius 2 is 2.07 bits per heavy atom. The summed E-state index contributed by atoms with van der Waals surface area (Å²) in [5.41, 5.74) is 8.67. The Labute approximate surface area is 253 Å². The van der Waals surface area contributed by atoms with Crippen molar-refractivity contribution in [1.29, 1.82) is 5.26 Å². The van der Waals surface area contributed by atoms with Crippen molar-refractivity contribution in [3.63, 3.8) is 0 Å². The van der Waals surface area contributed by atoms with E-state index < -0.39 is 16.7 Å². The highest BCUT2D eigenvalue weighted by molar-refractivity contribution is 8.01. The summed E-state index contributed by atoms with van der Waals surface area (Å²) in [6, 6.07) is 13.2. The van der Waals surface area contributed by atoms with Crippen molar-refractivity contribution in [2.24, 2.45) is 5.73 Å². The average molecular weight is 624 g/mol. The molecule has 1 atom stereocenters. The number of amides is 1. The molecule has 2 heterocycles. The number of Topliss-reactive ketones (excluding diaryl/α,β-unsaturated/α-hetero) is 1. The van der Waals surface area contributed by atoms with Crippen molar-refractivity contribution in [2.45, 2.75) is 29.5 Å². The molecule has 2 aliphatic rings. The van der Waals surface area contributed by atoms with E-state index in [4.69, 9.17) is 22.1 Å². The molecule has 2 aromatic carbocycles. The van der Waals surface area contributed by atoms with E-state index in [1.807, 2.05) is 12.1 Å². The van der Waals surface area contributed by atoms with Gasteiger partial charge in [0.05, 0.1) is 46.1 Å². The van der Waals surface area contributed by atoms with Gasteiger partial charge in [-0.25, -0.2) is 0 Å². The molecule has 0 saturated heterocycles. The third-order valence-electron chi connectivity index (χ3n) is 6.71. The minimum atomic E-state index is -0.619. The Kier molecular flexibility index (Phi) is 8.44. The topological polar surface area (TPSA) is 177 Å². The van der Waals surface area contributed by atoms with Gasteiger partial charge in [0.25, 0.3) is 5.69 Å². The number of nitriles is 1. The Balaban J connectivity index is 1.39. The monoisotopic (exact) mass is 623 g/mol. The summed E-state index contributed by atoms with van der Waals surface area (Å²) in [4.78, 5) is 37.9. The second-order valence-corrected chi connectivity index (χ2v) is 11.8. The summed E-state index contributed by atoms with van der Waals surface area (Å²) in [6.07, 6.45) is 1.54. The van der Waals surface area contributed by atoms with Crippen LogP contribution in [0.15, 0.2) is 69.5 Å². The van der Waals surface area contributed by atoms with E-state index in [9.17, 15) is 25.0 Å². The summed E-state index contributed by atoms with van der Waals surface area (Å²) < 4.78 is 5.70. The van der Waals surface area contributed by atoms with Crippen molar-refractivity contribution >= 4 is 62.9 Å². The number of methoxy groups -OCH3 is 1. The molecule has 3 N–H and O–H groups in total. The normalized spacial score (nSPS) is 16.6. The number of benzene rings is 2. The van der Waals surface area contributed by atoms with Gasteiger partial charge in [-0.2, -0.15) is 5.26 Å². The number of anilines is 2. The molecule has 5 rings (SSSR count). The maximum atomic E-state index is 13.3. The van der Waals surface area contributed by atoms with Crippen molar-refractivity contribution < 1.29 is 19.2 Å². The number of non-ortho nitro benzene ring substituents is 1. The number of carbonyl (C=O) groups is 2. The van der Waals surface area contributed by atoms with Crippen LogP contribution in [0.1, 0.15) is 30.7 Å². The third-order valence-corrected chi connectivity index (χ3v) is 9.08. The first-order valence-corrected chi connectivity index (χ1v) is 14.7. The number of nitro benzene ring substituents is 1. The highest BCUT2D eigenvalue weighted by Crippen LogP contribution is 2.47. The lowest BCUT2D eigenvalue weighted by Gasteiger charge is -2.38. The summed E-state index contributed by atoms with van der Waals surface area (Å²) >= 11 is 8.33. The standard InChI is InChI=1S/C27H22ClN7O5S2/c1-40-16-8-5-14(6-9-16)23-17(12-29)25(30)34(20-3-2-4-21(36)24(20)23)26-32-33-27(42-26)41-13-22(37)31-19-11-15(35(38)39)7-10-18(19)28/h5-11,23H,2-4,13,30H2,1H3,(H,31,37). The van der Waals surface area contributed by atoms with Gasteiger partial charge >= 0.3 is 0 Å². The van der Waals surface area contributed by atoms with Crippen molar-refractivity contribution in [2.75, 3.05) is 23.1 Å². The maximum absolute atomic E-state index is 13.3. The molecule has 42 heavy (non-hydrogen) atoms. The number of halogens is 1. The van der Waals surface area contributed by atoms with Gasteiger partial charge in [0.15, 0.2) is 10.1 Å². The van der Waals surface area contributed by atoms with Gasteiger partial charge < -0.3 is 15.8 Å². The zero-order valence-corrected chi connectivity index (χ0v) is 24.4. The molecule has 1 aromatic heterocycles. The molecule has 1 aliphatic carbocycles. The molecule has 0 fully saturated rings. The number of hydrogen-bond acceptors (Lipinski definition) is 12. The molecule has 1 amide bonds. The molecule has 3 aromatic rings. The van der Waals surface area contributed by atoms with Crippen LogP contribution in [0.25, 0.3) is 0 Å². The third kappa shape index (κ3) is 5.67. The van der Waals surface area contributed by atoms with Crippen LogP contribution in [0.2, 0.25) is 5.02 Å². The number of nitrogens with zero attached hydrogens (tertiary/aromatic N) is 5. The van der Waals surface area contributed by atoms with Crippen LogP contribution >= 0.6 is 34.7 Å². The first kappa shape index (κ1) is 29.1. The second-order valence-electron chi connectivity index (χ2n) is 9.20. The molecule has 0 radical (unpaired) electrons. The number of nitrogens with two attached hydrogens (primary N) is 1. The predicted molar refractivity (Wildman–Crippen MR) is 158 cm³/mol. The molecule has 0 bridgehead atoms. The Morgan fingerprint density at radius 3 is 2.76 bits per heavy atom. The highest BCUT2D eigenvalue weighted by Gasteiger charge is 2.41. The zero-order chi connectivity index (χ0) is 30.0. The van der Waals surface area contributed by atoms with Gasteiger partial charge in [0.1, 0.15) is 11.6 Å². The molecule has 15 heteroatoms. The lowest BCUT2D eigenvalue weighted by molar-refractivity contribution is -0.384. The minimum absolute atomic E-state index is 0.0575. The fraction of sp³-hybridized carbons (Fsp3) is 0.222. The molecule has 0 spiro atoms. The van der Waals surface area contributed by atoms with Gasteiger partial charge in [0.2, 0.25) is 11.0 Å². The van der Waals surface area contributed by atoms with E-state index in [2.05, 4.69) is 21.6 Å². The van der Waals surface area contributed by atoms with Crippen LogP contribution < -0.4 is 20.7 Å². The number of rotatable bonds is 8. The van der Waals surface area contributed by atoms with Crippen LogP contribution in [0.4, 0.5) is 16.5 Å². The predicted octanol–water partition coefficient (Wildman–Crippen LogP) is 5.14. The van der Waals surface area contributed by atoms with E-state index in [1.165, 1.54) is 18.2 Å². The molecular weight excluding hydrogens is 602 g/mol. The van der Waals surface area contributed by atoms with Crippen molar-refractivity contribution in [1.82, 2.24) is 10.2 Å². The Morgan fingerprint density at radius 1 is 1.31 bits per heavy atom. The number of ketones is 1. The van der Waals surface area contributed by atoms with Crippen LogP contribution in [0.5, 0.6) is 5.75 Å². The van der Waals surface area contributed by atoms with Gasteiger partial charge in [-0.1, -0.05) is 46.8 Å². The van der Waals surface area contributed by atoms with E-state index in [0.717, 1.165) is 28.7 Å². The summed E-state index contributed by atoms with van der Waals surface area (Å²) in [5, 5.41) is 32.8. The van der Waals surface area contributed by atoms with Gasteiger partial charge in [-0.15, -0.1) is 10.2 Å². The van der Waals surface area contributed by atoms with Crippen LogP contribution in [-0.2, 0) is 9.59 Å². The van der Waals surface area contributed by atoms with E-state index in [1.54, 1.807) is 24.1 Å². The van der Waals surface area contributed by atoms with Crippen LogP contribution in [0, 0.1) is 21.4 Å². The van der Waals surface area contributed by atoms with E-state index in [-0.39, 0.29) is 39.3 Å². The van der Waals surface area contributed by atoms with Crippen molar-refractivity contribution in [3.05, 3.63) is 85.8 Å². The fourth-order valence-corrected chi connectivity index (χ4v) is 6.67. The maximum Gasteiger partial charge on any atom is 0.271 e. The first-order chi connectivity index (χ1) is 20.2. The lowest BCUT2D eigenvalue weighted by Crippen LogP contribution is -2.38. The molecular formula is C27H22ClN7O5S2. The number of allylic oxidation sites excluding steroid dienone is 3. The molecule has 1 aliphatic heterocycles. The first-order valence-electron chi connectivity index (χ1n) is 12.5. The largest absolute Gasteiger partial charge is 0.497 e. The zero-order valence-electron chi connectivity index (χ0n) is 22.0. The SMILES string of the molecule is COc1ccc(C2C(C#N)=C(N)N(c3nnc(SCC(=O)Nc4cc([N+](=O)[O-])ccc4Cl)s3)C3=C2C(=O)CCC3)cc1. The Bertz CT molecular complexity index is 1700. The number of ether oxygens (including phenoxy) is 1.